The van der Waals surface area contributed by atoms with Crippen molar-refractivity contribution in [3.05, 3.63) is 126 Å². The van der Waals surface area contributed by atoms with Crippen LogP contribution in [0.3, 0.4) is 0 Å². The Morgan fingerprint density at radius 1 is 1.03 bits per heavy atom. The summed E-state index contributed by atoms with van der Waals surface area (Å²) in [6.07, 6.45) is 3.43. The third-order valence-corrected chi connectivity index (χ3v) is 7.21. The molecular weight excluding hydrogens is 435 g/mol. The first kappa shape index (κ1) is 19.9. The molecule has 0 spiro atoms. The normalized spacial score (nSPS) is 17.2. The highest BCUT2D eigenvalue weighted by molar-refractivity contribution is 7.07. The summed E-state index contributed by atoms with van der Waals surface area (Å²) in [7, 11) is 0. The summed E-state index contributed by atoms with van der Waals surface area (Å²) in [5, 5.41) is 9.56. The molecule has 0 fully saturated rings. The number of halogens is 1. The predicted octanol–water partition coefficient (Wildman–Crippen LogP) is 4.16. The molecule has 4 nitrogen and oxygen atoms in total. The van der Waals surface area contributed by atoms with E-state index in [0.29, 0.717) is 9.33 Å². The van der Waals surface area contributed by atoms with Gasteiger partial charge in [0.15, 0.2) is 4.80 Å². The SMILES string of the molecule is O=c1/c(=C/c2ccc(O)cc2)sc2n1C(c1cccc(F)c1)C1=C(N=2)c2ccccc2CC1. The highest BCUT2D eigenvalue weighted by Crippen LogP contribution is 2.41. The quantitative estimate of drug-likeness (QED) is 0.495. The average Bonchev–Trinajstić information content (AvgIpc) is 3.13. The summed E-state index contributed by atoms with van der Waals surface area (Å²) in [5.41, 5.74) is 5.67. The molecule has 0 saturated heterocycles. The van der Waals surface area contributed by atoms with Crippen molar-refractivity contribution in [3.63, 3.8) is 0 Å². The maximum Gasteiger partial charge on any atom is 0.271 e. The molecule has 0 bridgehead atoms. The molecule has 0 saturated carbocycles. The summed E-state index contributed by atoms with van der Waals surface area (Å²) in [6.45, 7) is 0. The zero-order valence-corrected chi connectivity index (χ0v) is 18.3. The molecule has 1 unspecified atom stereocenters. The van der Waals surface area contributed by atoms with Crippen LogP contribution in [0, 0.1) is 5.82 Å². The van der Waals surface area contributed by atoms with Gasteiger partial charge in [0.05, 0.1) is 16.3 Å². The van der Waals surface area contributed by atoms with Gasteiger partial charge in [-0.15, -0.1) is 0 Å². The topological polar surface area (TPSA) is 54.6 Å². The molecule has 2 heterocycles. The summed E-state index contributed by atoms with van der Waals surface area (Å²) < 4.78 is 16.5. The lowest BCUT2D eigenvalue weighted by molar-refractivity contribution is 0.475. The molecule has 0 radical (unpaired) electrons. The standard InChI is InChI=1S/C27H19FN2O2S/c28-19-6-3-5-18(15-19)25-22-13-10-17-4-1-2-7-21(17)24(22)29-27-30(25)26(32)23(33-27)14-16-8-11-20(31)12-9-16/h1-9,11-12,14-15,25,31H,10,13H2/b23-14-. The largest absolute Gasteiger partial charge is 0.508 e. The Morgan fingerprint density at radius 3 is 2.67 bits per heavy atom. The number of hydrogen-bond acceptors (Lipinski definition) is 4. The van der Waals surface area contributed by atoms with E-state index in [4.69, 9.17) is 4.99 Å². The van der Waals surface area contributed by atoms with Crippen LogP contribution in [0.2, 0.25) is 0 Å². The van der Waals surface area contributed by atoms with Crippen LogP contribution < -0.4 is 14.9 Å². The van der Waals surface area contributed by atoms with E-state index < -0.39 is 6.04 Å². The van der Waals surface area contributed by atoms with E-state index >= 15 is 0 Å². The Balaban J connectivity index is 1.63. The predicted molar refractivity (Wildman–Crippen MR) is 127 cm³/mol. The van der Waals surface area contributed by atoms with Crippen LogP contribution in [0.5, 0.6) is 5.75 Å². The van der Waals surface area contributed by atoms with Gasteiger partial charge in [-0.25, -0.2) is 9.38 Å². The van der Waals surface area contributed by atoms with Crippen molar-refractivity contribution in [2.45, 2.75) is 18.9 Å². The highest BCUT2D eigenvalue weighted by Gasteiger charge is 2.32. The van der Waals surface area contributed by atoms with Crippen molar-refractivity contribution in [1.29, 1.82) is 0 Å². The van der Waals surface area contributed by atoms with Gasteiger partial charge in [-0.05, 0) is 65.4 Å². The van der Waals surface area contributed by atoms with Crippen molar-refractivity contribution in [3.8, 4) is 5.75 Å². The van der Waals surface area contributed by atoms with Gasteiger partial charge < -0.3 is 5.11 Å². The molecule has 162 valence electrons. The molecule has 6 heteroatoms. The van der Waals surface area contributed by atoms with Crippen molar-refractivity contribution in [1.82, 2.24) is 4.57 Å². The number of nitrogens with zero attached hydrogens (tertiary/aromatic N) is 2. The second kappa shape index (κ2) is 7.67. The third kappa shape index (κ3) is 3.34. The Kier molecular flexibility index (Phi) is 4.62. The first-order valence-corrected chi connectivity index (χ1v) is 11.6. The Labute approximate surface area is 192 Å². The number of rotatable bonds is 2. The number of phenolic OH excluding ortho intramolecular Hbond substituents is 1. The van der Waals surface area contributed by atoms with Crippen LogP contribution in [0.4, 0.5) is 4.39 Å². The van der Waals surface area contributed by atoms with E-state index in [1.807, 2.05) is 24.3 Å². The number of fused-ring (bicyclic) bond motifs is 3. The summed E-state index contributed by atoms with van der Waals surface area (Å²) in [4.78, 5) is 19.1. The van der Waals surface area contributed by atoms with Crippen LogP contribution in [-0.4, -0.2) is 9.67 Å². The first-order chi connectivity index (χ1) is 16.1. The van der Waals surface area contributed by atoms with Crippen LogP contribution in [0.25, 0.3) is 11.8 Å². The van der Waals surface area contributed by atoms with Crippen molar-refractivity contribution >= 4 is 23.1 Å². The number of benzene rings is 3. The van der Waals surface area contributed by atoms with Crippen LogP contribution in [0.15, 0.2) is 88.2 Å². The number of phenols is 1. The minimum Gasteiger partial charge on any atom is -0.508 e. The fraction of sp³-hybridized carbons (Fsp3) is 0.111. The number of thiazole rings is 1. The van der Waals surface area contributed by atoms with E-state index in [2.05, 4.69) is 12.1 Å². The lowest BCUT2D eigenvalue weighted by Crippen LogP contribution is -2.38. The van der Waals surface area contributed by atoms with E-state index in [1.54, 1.807) is 34.9 Å². The molecule has 0 amide bonds. The van der Waals surface area contributed by atoms with Crippen LogP contribution >= 0.6 is 11.3 Å². The van der Waals surface area contributed by atoms with Crippen LogP contribution in [0.1, 0.15) is 34.7 Å². The average molecular weight is 455 g/mol. The molecule has 33 heavy (non-hydrogen) atoms. The minimum absolute atomic E-state index is 0.147. The maximum atomic E-state index is 14.2. The van der Waals surface area contributed by atoms with Gasteiger partial charge in [0.1, 0.15) is 11.6 Å². The molecule has 3 aromatic carbocycles. The monoisotopic (exact) mass is 454 g/mol. The Hall–Kier alpha value is -3.77. The molecule has 2 aliphatic rings. The van der Waals surface area contributed by atoms with Gasteiger partial charge in [-0.3, -0.25) is 9.36 Å². The van der Waals surface area contributed by atoms with Crippen LogP contribution in [-0.2, 0) is 6.42 Å². The zero-order valence-electron chi connectivity index (χ0n) is 17.5. The van der Waals surface area contributed by atoms with E-state index in [0.717, 1.165) is 40.8 Å². The fourth-order valence-electron chi connectivity index (χ4n) is 4.72. The van der Waals surface area contributed by atoms with E-state index in [-0.39, 0.29) is 17.1 Å². The number of allylic oxidation sites excluding steroid dienone is 1. The Bertz CT molecular complexity index is 1610. The highest BCUT2D eigenvalue weighted by atomic mass is 32.1. The summed E-state index contributed by atoms with van der Waals surface area (Å²) >= 11 is 1.33. The maximum absolute atomic E-state index is 14.2. The lowest BCUT2D eigenvalue weighted by Gasteiger charge is -2.30. The molecule has 4 aromatic rings. The fourth-order valence-corrected chi connectivity index (χ4v) is 5.72. The second-order valence-electron chi connectivity index (χ2n) is 8.26. The molecule has 1 aromatic heterocycles. The Morgan fingerprint density at radius 2 is 1.85 bits per heavy atom. The van der Waals surface area contributed by atoms with Gasteiger partial charge in [-0.1, -0.05) is 59.9 Å². The van der Waals surface area contributed by atoms with Gasteiger partial charge in [0.25, 0.3) is 5.56 Å². The lowest BCUT2D eigenvalue weighted by atomic mass is 9.83. The summed E-state index contributed by atoms with van der Waals surface area (Å²) in [5.74, 6) is -0.153. The number of aromatic hydroxyl groups is 1. The van der Waals surface area contributed by atoms with Crippen molar-refractivity contribution in [2.75, 3.05) is 0 Å². The van der Waals surface area contributed by atoms with Crippen molar-refractivity contribution in [2.24, 2.45) is 4.99 Å². The first-order valence-electron chi connectivity index (χ1n) is 10.8. The van der Waals surface area contributed by atoms with Gasteiger partial charge in [0, 0.05) is 5.56 Å². The van der Waals surface area contributed by atoms with Gasteiger partial charge in [-0.2, -0.15) is 0 Å². The minimum atomic E-state index is -0.401. The molecule has 1 aliphatic heterocycles. The second-order valence-corrected chi connectivity index (χ2v) is 9.27. The zero-order chi connectivity index (χ0) is 22.5. The molecule has 1 aliphatic carbocycles. The molecule has 6 rings (SSSR count). The van der Waals surface area contributed by atoms with E-state index in [9.17, 15) is 14.3 Å². The number of aromatic nitrogens is 1. The molecule has 1 atom stereocenters. The molecular formula is C27H19FN2O2S. The number of hydrogen-bond donors (Lipinski definition) is 1. The number of aryl methyl sites for hydroxylation is 1. The van der Waals surface area contributed by atoms with Gasteiger partial charge >= 0.3 is 0 Å². The van der Waals surface area contributed by atoms with Crippen molar-refractivity contribution < 1.29 is 9.50 Å². The van der Waals surface area contributed by atoms with E-state index in [1.165, 1.54) is 29.0 Å². The molecule has 1 N–H and O–H groups in total. The smallest absolute Gasteiger partial charge is 0.271 e. The van der Waals surface area contributed by atoms with Gasteiger partial charge in [0.2, 0.25) is 0 Å². The third-order valence-electron chi connectivity index (χ3n) is 6.23. The summed E-state index contributed by atoms with van der Waals surface area (Å²) in [6, 6.07) is 21.0.